The highest BCUT2D eigenvalue weighted by Crippen LogP contribution is 2.19. The van der Waals surface area contributed by atoms with Crippen LogP contribution in [0.2, 0.25) is 0 Å². The van der Waals surface area contributed by atoms with Crippen molar-refractivity contribution in [1.29, 1.82) is 0 Å². The van der Waals surface area contributed by atoms with Gasteiger partial charge >= 0.3 is 0 Å². The van der Waals surface area contributed by atoms with E-state index in [2.05, 4.69) is 17.1 Å². The zero-order valence-corrected chi connectivity index (χ0v) is 11.5. The van der Waals surface area contributed by atoms with E-state index in [4.69, 9.17) is 4.74 Å². The first kappa shape index (κ1) is 13.3. The van der Waals surface area contributed by atoms with Crippen LogP contribution in [-0.2, 0) is 4.74 Å². The SMILES string of the molecule is COC1CCCN(C(C)CC2CCCCN2)C1. The first-order chi connectivity index (χ1) is 8.29. The van der Waals surface area contributed by atoms with E-state index in [1.54, 1.807) is 0 Å². The van der Waals surface area contributed by atoms with Crippen LogP contribution in [0.4, 0.5) is 0 Å². The Kier molecular flexibility index (Phi) is 5.26. The summed E-state index contributed by atoms with van der Waals surface area (Å²) in [6.07, 6.45) is 8.43. The molecule has 0 radical (unpaired) electrons. The third-order valence-electron chi connectivity index (χ3n) is 4.40. The second-order valence-corrected chi connectivity index (χ2v) is 5.73. The van der Waals surface area contributed by atoms with Gasteiger partial charge in [-0.25, -0.2) is 0 Å². The Morgan fingerprint density at radius 1 is 1.29 bits per heavy atom. The Balaban J connectivity index is 1.75. The lowest BCUT2D eigenvalue weighted by molar-refractivity contribution is 0.0140. The molecule has 1 N–H and O–H groups in total. The molecule has 0 aromatic heterocycles. The molecule has 2 rings (SSSR count). The third-order valence-corrected chi connectivity index (χ3v) is 4.40. The van der Waals surface area contributed by atoms with Gasteiger partial charge in [0.2, 0.25) is 0 Å². The van der Waals surface area contributed by atoms with Crippen LogP contribution in [-0.4, -0.2) is 49.8 Å². The molecule has 3 unspecified atom stereocenters. The Hall–Kier alpha value is -0.120. The van der Waals surface area contributed by atoms with Crippen LogP contribution in [0.3, 0.4) is 0 Å². The summed E-state index contributed by atoms with van der Waals surface area (Å²) in [5, 5.41) is 3.66. The molecule has 3 atom stereocenters. The lowest BCUT2D eigenvalue weighted by Gasteiger charge is -2.38. The first-order valence-electron chi connectivity index (χ1n) is 7.30. The summed E-state index contributed by atoms with van der Waals surface area (Å²) in [4.78, 5) is 2.62. The average Bonchev–Trinajstić information content (AvgIpc) is 2.40. The maximum absolute atomic E-state index is 5.50. The number of nitrogens with one attached hydrogen (secondary N) is 1. The molecule has 3 nitrogen and oxygen atoms in total. The highest BCUT2D eigenvalue weighted by atomic mass is 16.5. The number of rotatable bonds is 4. The lowest BCUT2D eigenvalue weighted by atomic mass is 9.96. The molecule has 0 aromatic rings. The van der Waals surface area contributed by atoms with E-state index < -0.39 is 0 Å². The van der Waals surface area contributed by atoms with Crippen molar-refractivity contribution in [3.05, 3.63) is 0 Å². The zero-order valence-electron chi connectivity index (χ0n) is 11.5. The lowest BCUT2D eigenvalue weighted by Crippen LogP contribution is -2.47. The summed E-state index contributed by atoms with van der Waals surface area (Å²) in [5.41, 5.74) is 0. The summed E-state index contributed by atoms with van der Waals surface area (Å²) in [5.74, 6) is 0. The molecule has 0 aliphatic carbocycles. The van der Waals surface area contributed by atoms with Gasteiger partial charge in [-0.2, -0.15) is 0 Å². The molecule has 2 fully saturated rings. The van der Waals surface area contributed by atoms with Gasteiger partial charge < -0.3 is 10.1 Å². The van der Waals surface area contributed by atoms with Crippen molar-refractivity contribution in [3.8, 4) is 0 Å². The molecular formula is C14H28N2O. The van der Waals surface area contributed by atoms with E-state index in [-0.39, 0.29) is 0 Å². The van der Waals surface area contributed by atoms with Gasteiger partial charge in [-0.1, -0.05) is 6.42 Å². The predicted octanol–water partition coefficient (Wildman–Crippen LogP) is 2.02. The van der Waals surface area contributed by atoms with Crippen LogP contribution in [0.1, 0.15) is 45.4 Å². The van der Waals surface area contributed by atoms with Gasteiger partial charge in [0.25, 0.3) is 0 Å². The fourth-order valence-electron chi connectivity index (χ4n) is 3.24. The van der Waals surface area contributed by atoms with Crippen LogP contribution >= 0.6 is 0 Å². The fraction of sp³-hybridized carbons (Fsp3) is 1.00. The van der Waals surface area contributed by atoms with Gasteiger partial charge in [-0.05, 0) is 52.1 Å². The molecule has 2 heterocycles. The number of nitrogens with zero attached hydrogens (tertiary/aromatic N) is 1. The summed E-state index contributed by atoms with van der Waals surface area (Å²) in [6, 6.07) is 1.45. The number of likely N-dealkylation sites (tertiary alicyclic amines) is 1. The largest absolute Gasteiger partial charge is 0.380 e. The molecule has 2 aliphatic heterocycles. The second kappa shape index (κ2) is 6.72. The minimum Gasteiger partial charge on any atom is -0.380 e. The van der Waals surface area contributed by atoms with E-state index >= 15 is 0 Å². The fourth-order valence-corrected chi connectivity index (χ4v) is 3.24. The highest BCUT2D eigenvalue weighted by Gasteiger charge is 2.25. The first-order valence-corrected chi connectivity index (χ1v) is 7.30. The van der Waals surface area contributed by atoms with Crippen LogP contribution in [0.25, 0.3) is 0 Å². The minimum atomic E-state index is 0.463. The summed E-state index contributed by atoms with van der Waals surface area (Å²) >= 11 is 0. The van der Waals surface area contributed by atoms with Crippen LogP contribution in [0.15, 0.2) is 0 Å². The van der Waals surface area contributed by atoms with Crippen molar-refractivity contribution in [3.63, 3.8) is 0 Å². The normalized spacial score (nSPS) is 33.5. The van der Waals surface area contributed by atoms with Crippen LogP contribution in [0.5, 0.6) is 0 Å². The van der Waals surface area contributed by atoms with E-state index in [0.29, 0.717) is 12.1 Å². The predicted molar refractivity (Wildman–Crippen MR) is 71.3 cm³/mol. The number of methoxy groups -OCH3 is 1. The highest BCUT2D eigenvalue weighted by molar-refractivity contribution is 4.82. The Morgan fingerprint density at radius 2 is 2.18 bits per heavy atom. The number of piperidine rings is 2. The van der Waals surface area contributed by atoms with Crippen molar-refractivity contribution in [2.24, 2.45) is 0 Å². The smallest absolute Gasteiger partial charge is 0.0698 e. The molecule has 0 spiro atoms. The third kappa shape index (κ3) is 3.94. The minimum absolute atomic E-state index is 0.463. The van der Waals surface area contributed by atoms with Crippen molar-refractivity contribution in [2.75, 3.05) is 26.7 Å². The number of hydrogen-bond donors (Lipinski definition) is 1. The Morgan fingerprint density at radius 3 is 2.88 bits per heavy atom. The number of hydrogen-bond acceptors (Lipinski definition) is 3. The van der Waals surface area contributed by atoms with Crippen molar-refractivity contribution >= 4 is 0 Å². The van der Waals surface area contributed by atoms with E-state index in [9.17, 15) is 0 Å². The molecule has 17 heavy (non-hydrogen) atoms. The molecule has 2 saturated heterocycles. The van der Waals surface area contributed by atoms with Crippen LogP contribution in [0, 0.1) is 0 Å². The van der Waals surface area contributed by atoms with E-state index in [0.717, 1.165) is 12.6 Å². The zero-order chi connectivity index (χ0) is 12.1. The molecule has 100 valence electrons. The second-order valence-electron chi connectivity index (χ2n) is 5.73. The summed E-state index contributed by atoms with van der Waals surface area (Å²) < 4.78 is 5.50. The average molecular weight is 240 g/mol. The van der Waals surface area contributed by atoms with Crippen molar-refractivity contribution in [2.45, 2.75) is 63.6 Å². The molecule has 3 heteroatoms. The molecule has 0 amide bonds. The number of ether oxygens (including phenoxy) is 1. The molecular weight excluding hydrogens is 212 g/mol. The molecule has 0 saturated carbocycles. The monoisotopic (exact) mass is 240 g/mol. The standard InChI is InChI=1S/C14H28N2O/c1-12(10-13-6-3-4-8-15-13)16-9-5-7-14(11-16)17-2/h12-15H,3-11H2,1-2H3. The maximum atomic E-state index is 5.50. The van der Waals surface area contributed by atoms with Gasteiger partial charge in [-0.15, -0.1) is 0 Å². The summed E-state index contributed by atoms with van der Waals surface area (Å²) in [7, 11) is 1.85. The van der Waals surface area contributed by atoms with E-state index in [1.807, 2.05) is 7.11 Å². The quantitative estimate of drug-likeness (QED) is 0.813. The van der Waals surface area contributed by atoms with Gasteiger partial charge in [0.05, 0.1) is 6.10 Å². The van der Waals surface area contributed by atoms with Gasteiger partial charge in [0.15, 0.2) is 0 Å². The summed E-state index contributed by atoms with van der Waals surface area (Å²) in [6.45, 7) is 5.99. The van der Waals surface area contributed by atoms with Gasteiger partial charge in [0.1, 0.15) is 0 Å². The maximum Gasteiger partial charge on any atom is 0.0698 e. The Bertz CT molecular complexity index is 216. The van der Waals surface area contributed by atoms with Crippen molar-refractivity contribution < 1.29 is 4.74 Å². The Labute approximate surface area is 106 Å². The molecule has 0 aromatic carbocycles. The topological polar surface area (TPSA) is 24.5 Å². The van der Waals surface area contributed by atoms with Gasteiger partial charge in [-0.3, -0.25) is 4.90 Å². The van der Waals surface area contributed by atoms with Crippen LogP contribution < -0.4 is 5.32 Å². The molecule has 0 bridgehead atoms. The molecule has 2 aliphatic rings. The van der Waals surface area contributed by atoms with Gasteiger partial charge in [0, 0.05) is 25.7 Å². The van der Waals surface area contributed by atoms with Crippen molar-refractivity contribution in [1.82, 2.24) is 10.2 Å². The van der Waals surface area contributed by atoms with E-state index in [1.165, 1.54) is 51.6 Å².